The third-order valence-electron chi connectivity index (χ3n) is 5.48. The van der Waals surface area contributed by atoms with Crippen LogP contribution in [0.2, 0.25) is 0 Å². The molecular weight excluding hydrogens is 393 g/mol. The largest absolute Gasteiger partial charge is 0.325 e. The van der Waals surface area contributed by atoms with Crippen LogP contribution in [-0.4, -0.2) is 40.1 Å². The molecule has 1 aromatic heterocycles. The fourth-order valence-electron chi connectivity index (χ4n) is 3.89. The lowest BCUT2D eigenvalue weighted by atomic mass is 9.90. The van der Waals surface area contributed by atoms with E-state index in [9.17, 15) is 14.0 Å². The van der Waals surface area contributed by atoms with E-state index in [4.69, 9.17) is 0 Å². The molecule has 1 saturated carbocycles. The van der Waals surface area contributed by atoms with E-state index in [0.717, 1.165) is 36.8 Å². The monoisotopic (exact) mass is 417 g/mol. The molecule has 2 N–H and O–H groups in total. The van der Waals surface area contributed by atoms with Crippen LogP contribution in [0.5, 0.6) is 0 Å². The summed E-state index contributed by atoms with van der Waals surface area (Å²) >= 11 is 1.36. The summed E-state index contributed by atoms with van der Waals surface area (Å²) in [6.07, 6.45) is 7.75. The Kier molecular flexibility index (Phi) is 6.03. The number of benzene rings is 1. The number of aromatic nitrogens is 2. The number of hydrogen-bond acceptors (Lipinski definition) is 5. The third-order valence-corrected chi connectivity index (χ3v) is 6.48. The second-order valence-corrected chi connectivity index (χ2v) is 8.56. The van der Waals surface area contributed by atoms with Gasteiger partial charge in [0.15, 0.2) is 0 Å². The van der Waals surface area contributed by atoms with E-state index in [-0.39, 0.29) is 17.3 Å². The van der Waals surface area contributed by atoms with E-state index in [2.05, 4.69) is 20.8 Å². The van der Waals surface area contributed by atoms with Crippen molar-refractivity contribution in [2.75, 3.05) is 23.7 Å². The summed E-state index contributed by atoms with van der Waals surface area (Å²) in [6.45, 7) is 1.37. The molecule has 1 aliphatic heterocycles. The average molecular weight is 418 g/mol. The molecule has 0 atom stereocenters. The number of urea groups is 1. The number of halogens is 1. The fourth-order valence-corrected chi connectivity index (χ4v) is 4.80. The summed E-state index contributed by atoms with van der Waals surface area (Å²) < 4.78 is 13.8. The van der Waals surface area contributed by atoms with Crippen molar-refractivity contribution < 1.29 is 14.0 Å². The van der Waals surface area contributed by atoms with Gasteiger partial charge in [-0.05, 0) is 43.9 Å². The zero-order chi connectivity index (χ0) is 20.2. The van der Waals surface area contributed by atoms with E-state index in [1.54, 1.807) is 4.90 Å². The van der Waals surface area contributed by atoms with Crippen molar-refractivity contribution in [3.05, 3.63) is 34.6 Å². The average Bonchev–Trinajstić information content (AvgIpc) is 3.42. The molecule has 1 aliphatic carbocycles. The van der Waals surface area contributed by atoms with Gasteiger partial charge in [-0.2, -0.15) is 0 Å². The maximum Gasteiger partial charge on any atom is 0.321 e. The van der Waals surface area contributed by atoms with Crippen LogP contribution in [0.4, 0.5) is 20.0 Å². The Bertz CT molecular complexity index is 891. The summed E-state index contributed by atoms with van der Waals surface area (Å²) in [7, 11) is 0. The Morgan fingerprint density at radius 2 is 1.79 bits per heavy atom. The molecule has 0 radical (unpaired) electrons. The molecule has 0 unspecified atom stereocenters. The number of rotatable bonds is 4. The molecule has 0 bridgehead atoms. The maximum atomic E-state index is 13.8. The molecule has 1 saturated heterocycles. The minimum absolute atomic E-state index is 0.0620. The van der Waals surface area contributed by atoms with Gasteiger partial charge in [0.25, 0.3) is 5.91 Å². The molecule has 154 valence electrons. The van der Waals surface area contributed by atoms with Crippen molar-refractivity contribution in [2.24, 2.45) is 0 Å². The summed E-state index contributed by atoms with van der Waals surface area (Å²) in [4.78, 5) is 26.8. The molecule has 2 heterocycles. The van der Waals surface area contributed by atoms with Crippen LogP contribution in [0.25, 0.3) is 0 Å². The van der Waals surface area contributed by atoms with Crippen LogP contribution >= 0.6 is 11.3 Å². The van der Waals surface area contributed by atoms with Gasteiger partial charge in [-0.15, -0.1) is 10.2 Å². The van der Waals surface area contributed by atoms with E-state index < -0.39 is 11.7 Å². The van der Waals surface area contributed by atoms with E-state index in [1.807, 2.05) is 0 Å². The van der Waals surface area contributed by atoms with Gasteiger partial charge >= 0.3 is 6.03 Å². The van der Waals surface area contributed by atoms with Gasteiger partial charge in [0.05, 0.1) is 11.3 Å². The first kappa shape index (κ1) is 19.8. The van der Waals surface area contributed by atoms with Crippen LogP contribution in [0.15, 0.2) is 18.2 Å². The molecule has 4 rings (SSSR count). The van der Waals surface area contributed by atoms with Crippen molar-refractivity contribution in [2.45, 2.75) is 50.9 Å². The lowest BCUT2D eigenvalue weighted by Crippen LogP contribution is -2.32. The number of nitrogens with zero attached hydrogens (tertiary/aromatic N) is 3. The quantitative estimate of drug-likeness (QED) is 0.761. The standard InChI is InChI=1S/C20H24FN5O2S/c21-14-8-9-16(22-20(28)26-10-4-5-11-26)15(12-14)17(27)23-19-25-24-18(29-19)13-6-2-1-3-7-13/h8-9,12-13H,1-7,10-11H2,(H,22,28)(H,23,25,27). The molecule has 2 fully saturated rings. The predicted molar refractivity (Wildman–Crippen MR) is 110 cm³/mol. The van der Waals surface area contributed by atoms with Gasteiger partial charge in [0.2, 0.25) is 5.13 Å². The zero-order valence-corrected chi connectivity index (χ0v) is 16.9. The van der Waals surface area contributed by atoms with Crippen molar-refractivity contribution in [3.63, 3.8) is 0 Å². The molecular formula is C20H24FN5O2S. The first-order chi connectivity index (χ1) is 14.1. The molecule has 2 aliphatic rings. The minimum Gasteiger partial charge on any atom is -0.325 e. The van der Waals surface area contributed by atoms with Crippen molar-refractivity contribution >= 4 is 34.1 Å². The first-order valence-corrected chi connectivity index (χ1v) is 10.9. The maximum absolute atomic E-state index is 13.8. The highest BCUT2D eigenvalue weighted by Crippen LogP contribution is 2.35. The number of carbonyl (C=O) groups is 2. The number of hydrogen-bond donors (Lipinski definition) is 2. The number of likely N-dealkylation sites (tertiary alicyclic amines) is 1. The SMILES string of the molecule is O=C(Nc1nnc(C2CCCCC2)s1)c1cc(F)ccc1NC(=O)N1CCCC1. The smallest absolute Gasteiger partial charge is 0.321 e. The minimum atomic E-state index is -0.547. The van der Waals surface area contributed by atoms with Crippen LogP contribution in [-0.2, 0) is 0 Å². The van der Waals surface area contributed by atoms with Gasteiger partial charge in [-0.1, -0.05) is 30.6 Å². The molecule has 0 spiro atoms. The highest BCUT2D eigenvalue weighted by Gasteiger charge is 2.23. The zero-order valence-electron chi connectivity index (χ0n) is 16.1. The van der Waals surface area contributed by atoms with Crippen molar-refractivity contribution in [1.82, 2.24) is 15.1 Å². The van der Waals surface area contributed by atoms with E-state index >= 15 is 0 Å². The lowest BCUT2D eigenvalue weighted by Gasteiger charge is -2.18. The normalized spacial score (nSPS) is 17.3. The van der Waals surface area contributed by atoms with Crippen molar-refractivity contribution in [1.29, 1.82) is 0 Å². The molecule has 9 heteroatoms. The summed E-state index contributed by atoms with van der Waals surface area (Å²) in [5.41, 5.74) is 0.338. The second-order valence-electron chi connectivity index (χ2n) is 7.55. The fraction of sp³-hybridized carbons (Fsp3) is 0.500. The number of amides is 3. The summed E-state index contributed by atoms with van der Waals surface area (Å²) in [5, 5.41) is 15.1. The van der Waals surface area contributed by atoms with Gasteiger partial charge in [-0.3, -0.25) is 10.1 Å². The van der Waals surface area contributed by atoms with Gasteiger partial charge in [-0.25, -0.2) is 9.18 Å². The Morgan fingerprint density at radius 1 is 1.03 bits per heavy atom. The molecule has 29 heavy (non-hydrogen) atoms. The highest BCUT2D eigenvalue weighted by atomic mass is 32.1. The van der Waals surface area contributed by atoms with E-state index in [0.29, 0.717) is 24.1 Å². The highest BCUT2D eigenvalue weighted by molar-refractivity contribution is 7.15. The van der Waals surface area contributed by atoms with Crippen LogP contribution in [0.3, 0.4) is 0 Å². The second kappa shape index (κ2) is 8.86. The molecule has 1 aromatic carbocycles. The van der Waals surface area contributed by atoms with Crippen molar-refractivity contribution in [3.8, 4) is 0 Å². The van der Waals surface area contributed by atoms with E-state index in [1.165, 1.54) is 42.7 Å². The van der Waals surface area contributed by atoms with Crippen LogP contribution in [0, 0.1) is 5.82 Å². The summed E-state index contributed by atoms with van der Waals surface area (Å²) in [6, 6.07) is 3.48. The predicted octanol–water partition coefficient (Wildman–Crippen LogP) is 4.60. The number of carbonyl (C=O) groups excluding carboxylic acids is 2. The van der Waals surface area contributed by atoms with Gasteiger partial charge in [0, 0.05) is 19.0 Å². The van der Waals surface area contributed by atoms with Gasteiger partial charge < -0.3 is 10.2 Å². The third kappa shape index (κ3) is 4.72. The Balaban J connectivity index is 1.47. The first-order valence-electron chi connectivity index (χ1n) is 10.1. The molecule has 3 amide bonds. The Morgan fingerprint density at radius 3 is 2.55 bits per heavy atom. The lowest BCUT2D eigenvalue weighted by molar-refractivity contribution is 0.102. The number of nitrogens with one attached hydrogen (secondary N) is 2. The Labute approximate surface area is 172 Å². The Hall–Kier alpha value is -2.55. The molecule has 2 aromatic rings. The summed E-state index contributed by atoms with van der Waals surface area (Å²) in [5.74, 6) is -0.668. The number of anilines is 2. The van der Waals surface area contributed by atoms with Crippen LogP contribution < -0.4 is 10.6 Å². The van der Waals surface area contributed by atoms with Gasteiger partial charge in [0.1, 0.15) is 10.8 Å². The molecule has 7 nitrogen and oxygen atoms in total. The topological polar surface area (TPSA) is 87.2 Å². The van der Waals surface area contributed by atoms with Crippen LogP contribution in [0.1, 0.15) is 66.2 Å².